The first-order chi connectivity index (χ1) is 10.8. The largest absolute Gasteiger partial charge is 0.455 e. The van der Waals surface area contributed by atoms with Crippen LogP contribution in [0.1, 0.15) is 10.4 Å². The first-order valence-corrected chi connectivity index (χ1v) is 6.86. The van der Waals surface area contributed by atoms with Crippen LogP contribution in [0.2, 0.25) is 0 Å². The fraction of sp³-hybridized carbons (Fsp3) is 0. The number of hydrogen-bond donors (Lipinski definition) is 1. The minimum absolute atomic E-state index is 0. The fourth-order valence-electron chi connectivity index (χ4n) is 1.97. The summed E-state index contributed by atoms with van der Waals surface area (Å²) < 4.78 is 5.82. The van der Waals surface area contributed by atoms with Crippen LogP contribution in [-0.2, 0) is 0 Å². The highest BCUT2D eigenvalue weighted by molar-refractivity contribution is 6.04. The van der Waals surface area contributed by atoms with E-state index in [-0.39, 0.29) is 18.3 Å². The van der Waals surface area contributed by atoms with Gasteiger partial charge in [-0.15, -0.1) is 12.4 Å². The molecule has 0 spiro atoms. The van der Waals surface area contributed by atoms with Crippen LogP contribution in [0.5, 0.6) is 11.5 Å². The Bertz CT molecular complexity index is 764. The first kappa shape index (κ1) is 16.5. The molecule has 4 nitrogen and oxygen atoms in total. The number of nitrogens with one attached hydrogen (secondary N) is 1. The van der Waals surface area contributed by atoms with Crippen LogP contribution in [-0.4, -0.2) is 10.9 Å². The molecule has 2 aromatic carbocycles. The van der Waals surface area contributed by atoms with Crippen LogP contribution in [0, 0.1) is 0 Å². The van der Waals surface area contributed by atoms with Crippen LogP contribution in [0.15, 0.2) is 79.1 Å². The summed E-state index contributed by atoms with van der Waals surface area (Å²) in [6.45, 7) is 0. The van der Waals surface area contributed by atoms with Gasteiger partial charge in [-0.2, -0.15) is 0 Å². The molecule has 1 aromatic heterocycles. The molecule has 23 heavy (non-hydrogen) atoms. The van der Waals surface area contributed by atoms with Crippen molar-refractivity contribution in [3.05, 3.63) is 84.7 Å². The molecule has 5 heteroatoms. The quantitative estimate of drug-likeness (QED) is 0.765. The van der Waals surface area contributed by atoms with Crippen LogP contribution >= 0.6 is 12.4 Å². The van der Waals surface area contributed by atoms with Gasteiger partial charge in [0.15, 0.2) is 5.75 Å². The summed E-state index contributed by atoms with van der Waals surface area (Å²) in [6, 6.07) is 20.2. The van der Waals surface area contributed by atoms with Crippen molar-refractivity contribution in [1.29, 1.82) is 0 Å². The molecule has 3 aromatic rings. The van der Waals surface area contributed by atoms with Crippen LogP contribution < -0.4 is 10.1 Å². The Hall–Kier alpha value is -2.85. The molecule has 0 saturated carbocycles. The summed E-state index contributed by atoms with van der Waals surface area (Å²) >= 11 is 0. The standard InChI is InChI=1S/C18H14N2O2.ClH/c21-18(14-7-6-12-19-13-14)20-16-10-4-5-11-17(16)22-15-8-2-1-3-9-15;/h1-13H,(H,20,21);1H. The van der Waals surface area contributed by atoms with E-state index in [1.807, 2.05) is 48.5 Å². The highest BCUT2D eigenvalue weighted by Crippen LogP contribution is 2.29. The third-order valence-corrected chi connectivity index (χ3v) is 3.03. The lowest BCUT2D eigenvalue weighted by molar-refractivity contribution is 0.102. The molecule has 0 unspecified atom stereocenters. The molecule has 0 aliphatic heterocycles. The molecule has 116 valence electrons. The van der Waals surface area contributed by atoms with Crippen LogP contribution in [0.4, 0.5) is 5.69 Å². The molecule has 1 heterocycles. The van der Waals surface area contributed by atoms with E-state index in [0.717, 1.165) is 0 Å². The fourth-order valence-corrected chi connectivity index (χ4v) is 1.97. The molecule has 0 aliphatic carbocycles. The van der Waals surface area contributed by atoms with Gasteiger partial charge in [0.1, 0.15) is 5.75 Å². The van der Waals surface area contributed by atoms with E-state index in [2.05, 4.69) is 10.3 Å². The molecule has 1 amide bonds. The molecular formula is C18H15ClN2O2. The number of amides is 1. The van der Waals surface area contributed by atoms with E-state index in [4.69, 9.17) is 4.74 Å². The minimum atomic E-state index is -0.225. The summed E-state index contributed by atoms with van der Waals surface area (Å²) in [5.41, 5.74) is 1.11. The number of carbonyl (C=O) groups excluding carboxylic acids is 1. The van der Waals surface area contributed by atoms with E-state index >= 15 is 0 Å². The third kappa shape index (κ3) is 4.31. The van der Waals surface area contributed by atoms with Gasteiger partial charge in [-0.1, -0.05) is 30.3 Å². The number of hydrogen-bond acceptors (Lipinski definition) is 3. The highest BCUT2D eigenvalue weighted by atomic mass is 35.5. The van der Waals surface area contributed by atoms with Crippen molar-refractivity contribution in [2.45, 2.75) is 0 Å². The molecule has 0 aliphatic rings. The Morgan fingerprint density at radius 1 is 0.913 bits per heavy atom. The summed E-state index contributed by atoms with van der Waals surface area (Å²) in [5.74, 6) is 1.08. The molecule has 0 bridgehead atoms. The Balaban J connectivity index is 0.00000192. The van der Waals surface area contributed by atoms with E-state index in [1.54, 1.807) is 24.4 Å². The second kappa shape index (κ2) is 7.96. The lowest BCUT2D eigenvalue weighted by Crippen LogP contribution is -2.12. The Labute approximate surface area is 140 Å². The van der Waals surface area contributed by atoms with Crippen LogP contribution in [0.3, 0.4) is 0 Å². The Kier molecular flexibility index (Phi) is 5.72. The van der Waals surface area contributed by atoms with Gasteiger partial charge in [-0.3, -0.25) is 9.78 Å². The van der Waals surface area contributed by atoms with Gasteiger partial charge in [-0.25, -0.2) is 0 Å². The number of para-hydroxylation sites is 3. The van der Waals surface area contributed by atoms with Crippen molar-refractivity contribution >= 4 is 24.0 Å². The average molecular weight is 327 g/mol. The van der Waals surface area contributed by atoms with E-state index in [9.17, 15) is 4.79 Å². The maximum absolute atomic E-state index is 12.2. The molecule has 3 rings (SSSR count). The number of aromatic nitrogens is 1. The molecule has 0 saturated heterocycles. The van der Waals surface area contributed by atoms with Crippen LogP contribution in [0.25, 0.3) is 0 Å². The predicted molar refractivity (Wildman–Crippen MR) is 92.4 cm³/mol. The van der Waals surface area contributed by atoms with Crippen molar-refractivity contribution < 1.29 is 9.53 Å². The summed E-state index contributed by atoms with van der Waals surface area (Å²) in [5, 5.41) is 2.84. The van der Waals surface area contributed by atoms with Crippen molar-refractivity contribution in [2.24, 2.45) is 0 Å². The Morgan fingerprint density at radius 3 is 2.39 bits per heavy atom. The zero-order valence-corrected chi connectivity index (χ0v) is 13.0. The smallest absolute Gasteiger partial charge is 0.257 e. The number of benzene rings is 2. The monoisotopic (exact) mass is 326 g/mol. The topological polar surface area (TPSA) is 51.2 Å². The molecule has 0 atom stereocenters. The van der Waals surface area contributed by atoms with Crippen molar-refractivity contribution in [3.8, 4) is 11.5 Å². The lowest BCUT2D eigenvalue weighted by Gasteiger charge is -2.12. The van der Waals surface area contributed by atoms with Gasteiger partial charge >= 0.3 is 0 Å². The minimum Gasteiger partial charge on any atom is -0.455 e. The number of halogens is 1. The zero-order chi connectivity index (χ0) is 15.2. The zero-order valence-electron chi connectivity index (χ0n) is 12.2. The number of nitrogens with zero attached hydrogens (tertiary/aromatic N) is 1. The van der Waals surface area contributed by atoms with Gasteiger partial charge in [-0.05, 0) is 36.4 Å². The SMILES string of the molecule is Cl.O=C(Nc1ccccc1Oc1ccccc1)c1cccnc1. The Morgan fingerprint density at radius 2 is 1.65 bits per heavy atom. The van der Waals surface area contributed by atoms with E-state index in [1.165, 1.54) is 6.20 Å². The highest BCUT2D eigenvalue weighted by Gasteiger charge is 2.10. The third-order valence-electron chi connectivity index (χ3n) is 3.03. The first-order valence-electron chi connectivity index (χ1n) is 6.86. The second-order valence-electron chi connectivity index (χ2n) is 4.61. The lowest BCUT2D eigenvalue weighted by atomic mass is 10.2. The molecule has 0 fully saturated rings. The summed E-state index contributed by atoms with van der Waals surface area (Å²) in [7, 11) is 0. The second-order valence-corrected chi connectivity index (χ2v) is 4.61. The molecule has 0 radical (unpaired) electrons. The average Bonchev–Trinajstić information content (AvgIpc) is 2.58. The van der Waals surface area contributed by atoms with Gasteiger partial charge in [0.05, 0.1) is 11.3 Å². The van der Waals surface area contributed by atoms with Gasteiger partial charge in [0, 0.05) is 12.4 Å². The van der Waals surface area contributed by atoms with Gasteiger partial charge in [0.25, 0.3) is 5.91 Å². The summed E-state index contributed by atoms with van der Waals surface area (Å²) in [6.07, 6.45) is 3.15. The van der Waals surface area contributed by atoms with Crippen molar-refractivity contribution in [2.75, 3.05) is 5.32 Å². The van der Waals surface area contributed by atoms with Gasteiger partial charge in [0.2, 0.25) is 0 Å². The number of anilines is 1. The number of ether oxygens (including phenoxy) is 1. The number of pyridine rings is 1. The molecule has 1 N–H and O–H groups in total. The van der Waals surface area contributed by atoms with Crippen molar-refractivity contribution in [1.82, 2.24) is 4.98 Å². The van der Waals surface area contributed by atoms with Gasteiger partial charge < -0.3 is 10.1 Å². The summed E-state index contributed by atoms with van der Waals surface area (Å²) in [4.78, 5) is 16.2. The number of carbonyl (C=O) groups is 1. The van der Waals surface area contributed by atoms with E-state index < -0.39 is 0 Å². The van der Waals surface area contributed by atoms with Crippen molar-refractivity contribution in [3.63, 3.8) is 0 Å². The predicted octanol–water partition coefficient (Wildman–Crippen LogP) is 4.55. The normalized spacial score (nSPS) is 9.57. The maximum atomic E-state index is 12.2. The molecular weight excluding hydrogens is 312 g/mol. The number of rotatable bonds is 4. The maximum Gasteiger partial charge on any atom is 0.257 e. The van der Waals surface area contributed by atoms with E-state index in [0.29, 0.717) is 22.7 Å².